The number of nitrogens with zero attached hydrogens (tertiary/aromatic N) is 4. The topological polar surface area (TPSA) is 95.1 Å². The van der Waals surface area contributed by atoms with Gasteiger partial charge in [0.15, 0.2) is 11.5 Å². The Hall–Kier alpha value is -3.85. The average molecular weight is 504 g/mol. The molecule has 0 saturated heterocycles. The van der Waals surface area contributed by atoms with Crippen molar-refractivity contribution in [2.45, 2.75) is 44.8 Å². The molecule has 2 heterocycles. The van der Waals surface area contributed by atoms with Gasteiger partial charge in [0, 0.05) is 36.7 Å². The molecule has 1 atom stereocenters. The van der Waals surface area contributed by atoms with Crippen LogP contribution >= 0.6 is 0 Å². The number of carbonyl (C=O) groups excluding carboxylic acids is 1. The van der Waals surface area contributed by atoms with E-state index in [-0.39, 0.29) is 11.7 Å². The summed E-state index contributed by atoms with van der Waals surface area (Å²) in [5.41, 5.74) is 2.73. The lowest BCUT2D eigenvalue weighted by Crippen LogP contribution is -2.33. The minimum Gasteiger partial charge on any atom is -0.348 e. The van der Waals surface area contributed by atoms with Crippen molar-refractivity contribution in [1.29, 1.82) is 0 Å². The van der Waals surface area contributed by atoms with Crippen molar-refractivity contribution in [2.75, 3.05) is 31.3 Å². The van der Waals surface area contributed by atoms with E-state index in [1.165, 1.54) is 37.4 Å². The van der Waals surface area contributed by atoms with Gasteiger partial charge >= 0.3 is 0 Å². The lowest BCUT2D eigenvalue weighted by Gasteiger charge is -2.30. The van der Waals surface area contributed by atoms with Gasteiger partial charge in [-0.1, -0.05) is 12.1 Å². The zero-order valence-corrected chi connectivity index (χ0v) is 21.8. The summed E-state index contributed by atoms with van der Waals surface area (Å²) in [4.78, 5) is 27.9. The van der Waals surface area contributed by atoms with E-state index >= 15 is 0 Å². The summed E-state index contributed by atoms with van der Waals surface area (Å²) in [6.07, 6.45) is 7.81. The molecule has 3 N–H and O–H groups in total. The molecule has 0 radical (unpaired) electrons. The standard InChI is InChI=1S/C28H34FN7O/c1-6-12-30-26(37)22-17-32-25(16-23(22)34-24-11-13-31-27(35-24)28(2,3)29)33-20-9-7-18-8-10-21(36(4)5)15-19(18)14-20/h6-7,9,11,13-14,16-17,21H,1,8,10,12,15H2,2-5H3,(H,30,37)(H2,31,32,33,34,35). The van der Waals surface area contributed by atoms with E-state index in [0.29, 0.717) is 35.5 Å². The van der Waals surface area contributed by atoms with E-state index in [1.54, 1.807) is 18.2 Å². The predicted molar refractivity (Wildman–Crippen MR) is 145 cm³/mol. The molecular formula is C28H34FN7O. The fourth-order valence-electron chi connectivity index (χ4n) is 4.33. The van der Waals surface area contributed by atoms with Gasteiger partial charge in [-0.2, -0.15) is 0 Å². The summed E-state index contributed by atoms with van der Waals surface area (Å²) in [6.45, 7) is 6.75. The Morgan fingerprint density at radius 3 is 2.70 bits per heavy atom. The second kappa shape index (κ2) is 11.0. The van der Waals surface area contributed by atoms with Crippen LogP contribution in [0, 0.1) is 0 Å². The number of alkyl halides is 1. The van der Waals surface area contributed by atoms with Gasteiger partial charge in [-0.05, 0) is 76.5 Å². The molecular weight excluding hydrogens is 469 g/mol. The Morgan fingerprint density at radius 2 is 1.97 bits per heavy atom. The van der Waals surface area contributed by atoms with Crippen LogP contribution in [0.25, 0.3) is 0 Å². The molecule has 9 heteroatoms. The Kier molecular flexibility index (Phi) is 7.83. The van der Waals surface area contributed by atoms with Crippen LogP contribution in [0.5, 0.6) is 0 Å². The van der Waals surface area contributed by atoms with Crippen LogP contribution < -0.4 is 16.0 Å². The number of rotatable bonds is 9. The minimum atomic E-state index is -1.70. The largest absolute Gasteiger partial charge is 0.348 e. The predicted octanol–water partition coefficient (Wildman–Crippen LogP) is 4.90. The molecule has 1 amide bonds. The maximum absolute atomic E-state index is 14.4. The Labute approximate surface area is 217 Å². The van der Waals surface area contributed by atoms with Crippen molar-refractivity contribution in [3.05, 3.63) is 77.9 Å². The number of pyridine rings is 1. The Bertz CT molecular complexity index is 1290. The number of aryl methyl sites for hydroxylation is 1. The monoisotopic (exact) mass is 503 g/mol. The van der Waals surface area contributed by atoms with Crippen LogP contribution in [0.4, 0.5) is 27.4 Å². The molecule has 37 heavy (non-hydrogen) atoms. The number of anilines is 4. The number of hydrogen-bond acceptors (Lipinski definition) is 7. The van der Waals surface area contributed by atoms with Crippen LogP contribution in [-0.2, 0) is 18.5 Å². The highest BCUT2D eigenvalue weighted by Gasteiger charge is 2.23. The van der Waals surface area contributed by atoms with Crippen molar-refractivity contribution >= 4 is 28.9 Å². The third-order valence-electron chi connectivity index (χ3n) is 6.42. The summed E-state index contributed by atoms with van der Waals surface area (Å²) in [6, 6.07) is 10.3. The van der Waals surface area contributed by atoms with Gasteiger partial charge in [0.05, 0.1) is 11.3 Å². The van der Waals surface area contributed by atoms with Crippen LogP contribution in [0.2, 0.25) is 0 Å². The third-order valence-corrected chi connectivity index (χ3v) is 6.42. The molecule has 0 spiro atoms. The second-order valence-electron chi connectivity index (χ2n) is 9.95. The molecule has 194 valence electrons. The van der Waals surface area contributed by atoms with Gasteiger partial charge in [-0.15, -0.1) is 6.58 Å². The van der Waals surface area contributed by atoms with Crippen molar-refractivity contribution < 1.29 is 9.18 Å². The number of hydrogen-bond donors (Lipinski definition) is 3. The Morgan fingerprint density at radius 1 is 1.16 bits per heavy atom. The van der Waals surface area contributed by atoms with Gasteiger partial charge in [-0.25, -0.2) is 19.3 Å². The molecule has 1 unspecified atom stereocenters. The van der Waals surface area contributed by atoms with Gasteiger partial charge in [-0.3, -0.25) is 4.79 Å². The summed E-state index contributed by atoms with van der Waals surface area (Å²) >= 11 is 0. The molecule has 0 fully saturated rings. The van der Waals surface area contributed by atoms with E-state index in [9.17, 15) is 9.18 Å². The van der Waals surface area contributed by atoms with Crippen molar-refractivity contribution in [2.24, 2.45) is 0 Å². The van der Waals surface area contributed by atoms with Crippen LogP contribution in [0.1, 0.15) is 47.6 Å². The number of aromatic nitrogens is 3. The minimum absolute atomic E-state index is 0.0488. The lowest BCUT2D eigenvalue weighted by atomic mass is 9.87. The van der Waals surface area contributed by atoms with Gasteiger partial charge in [0.2, 0.25) is 0 Å². The first-order valence-electron chi connectivity index (χ1n) is 12.4. The second-order valence-corrected chi connectivity index (χ2v) is 9.95. The van der Waals surface area contributed by atoms with Gasteiger partial charge < -0.3 is 20.9 Å². The first kappa shape index (κ1) is 26.2. The first-order chi connectivity index (χ1) is 17.6. The van der Waals surface area contributed by atoms with Gasteiger partial charge in [0.1, 0.15) is 11.6 Å². The molecule has 0 aliphatic heterocycles. The van der Waals surface area contributed by atoms with E-state index in [4.69, 9.17) is 0 Å². The van der Waals surface area contributed by atoms with E-state index in [2.05, 4.69) is 68.6 Å². The fourth-order valence-corrected chi connectivity index (χ4v) is 4.33. The van der Waals surface area contributed by atoms with Crippen LogP contribution in [0.15, 0.2) is 55.4 Å². The average Bonchev–Trinajstić information content (AvgIpc) is 2.86. The third kappa shape index (κ3) is 6.48. The van der Waals surface area contributed by atoms with Crippen molar-refractivity contribution in [3.63, 3.8) is 0 Å². The molecule has 1 aromatic carbocycles. The number of nitrogens with one attached hydrogen (secondary N) is 3. The highest BCUT2D eigenvalue weighted by atomic mass is 19.1. The summed E-state index contributed by atoms with van der Waals surface area (Å²) in [5, 5.41) is 9.28. The van der Waals surface area contributed by atoms with Crippen molar-refractivity contribution in [1.82, 2.24) is 25.2 Å². The highest BCUT2D eigenvalue weighted by Crippen LogP contribution is 2.29. The molecule has 0 bridgehead atoms. The van der Waals surface area contributed by atoms with E-state index in [1.807, 2.05) is 6.07 Å². The molecule has 4 rings (SSSR count). The normalized spacial score (nSPS) is 15.1. The lowest BCUT2D eigenvalue weighted by molar-refractivity contribution is 0.0958. The zero-order chi connectivity index (χ0) is 26.6. The summed E-state index contributed by atoms with van der Waals surface area (Å²) < 4.78 is 14.4. The maximum Gasteiger partial charge on any atom is 0.255 e. The molecule has 3 aromatic rings. The van der Waals surface area contributed by atoms with Gasteiger partial charge in [0.25, 0.3) is 5.91 Å². The molecule has 0 saturated carbocycles. The Balaban J connectivity index is 1.63. The maximum atomic E-state index is 14.4. The fraction of sp³-hybridized carbons (Fsp3) is 0.357. The van der Waals surface area contributed by atoms with Crippen molar-refractivity contribution in [3.8, 4) is 0 Å². The van der Waals surface area contributed by atoms with Crippen LogP contribution in [-0.4, -0.2) is 52.4 Å². The summed E-state index contributed by atoms with van der Waals surface area (Å²) in [5.74, 6) is 0.662. The molecule has 1 aliphatic carbocycles. The highest BCUT2D eigenvalue weighted by molar-refractivity contribution is 6.00. The quantitative estimate of drug-likeness (QED) is 0.358. The number of carbonyl (C=O) groups is 1. The summed E-state index contributed by atoms with van der Waals surface area (Å²) in [7, 11) is 4.25. The van der Waals surface area contributed by atoms with E-state index < -0.39 is 5.67 Å². The number of likely N-dealkylation sites (N-methyl/N-ethyl adjacent to an activating group) is 1. The molecule has 2 aromatic heterocycles. The number of halogens is 1. The number of fused-ring (bicyclic) bond motifs is 1. The molecule has 1 aliphatic rings. The molecule has 8 nitrogen and oxygen atoms in total. The SMILES string of the molecule is C=CCNC(=O)c1cnc(Nc2ccc3c(c2)CC(N(C)C)CC3)cc1Nc1ccnc(C(C)(C)F)n1. The zero-order valence-electron chi connectivity index (χ0n) is 21.8. The van der Waals surface area contributed by atoms with Crippen LogP contribution in [0.3, 0.4) is 0 Å². The number of benzene rings is 1. The van der Waals surface area contributed by atoms with E-state index in [0.717, 1.165) is 24.9 Å². The first-order valence-corrected chi connectivity index (χ1v) is 12.4. The number of amides is 1. The smallest absolute Gasteiger partial charge is 0.255 e.